The summed E-state index contributed by atoms with van der Waals surface area (Å²) in [5.74, 6) is 0. The number of halogens is 1. The van der Waals surface area contributed by atoms with Crippen molar-refractivity contribution in [3.63, 3.8) is 0 Å². The third-order valence-electron chi connectivity index (χ3n) is 1.98. The van der Waals surface area contributed by atoms with Gasteiger partial charge in [0.25, 0.3) is 0 Å². The predicted molar refractivity (Wildman–Crippen MR) is 69.9 cm³/mol. The van der Waals surface area contributed by atoms with Crippen molar-refractivity contribution >= 4 is 39.0 Å². The molecule has 0 aliphatic rings. The lowest BCUT2D eigenvalue weighted by atomic mass is 10.2. The lowest BCUT2D eigenvalue weighted by Crippen LogP contribution is -1.81. The third-order valence-corrected chi connectivity index (χ3v) is 4.81. The molecule has 1 aromatic heterocycles. The van der Waals surface area contributed by atoms with Crippen LogP contribution >= 0.6 is 39.0 Å². The first-order valence-corrected chi connectivity index (χ1v) is 7.00. The molecule has 0 spiro atoms. The zero-order valence-corrected chi connectivity index (χ0v) is 11.7. The van der Waals surface area contributed by atoms with Crippen LogP contribution in [-0.4, -0.2) is 4.98 Å². The standard InChI is InChI=1S/C11H10BrNS2/c1-7-3-4-9(8(2)5-7)15-11-13-10(12)6-14-11/h3-6H,1-2H3. The Balaban J connectivity index is 2.24. The van der Waals surface area contributed by atoms with Gasteiger partial charge in [0.05, 0.1) is 0 Å². The van der Waals surface area contributed by atoms with E-state index in [9.17, 15) is 0 Å². The van der Waals surface area contributed by atoms with Crippen LogP contribution in [0.1, 0.15) is 11.1 Å². The molecule has 0 atom stereocenters. The van der Waals surface area contributed by atoms with Crippen LogP contribution in [0.25, 0.3) is 0 Å². The lowest BCUT2D eigenvalue weighted by Gasteiger charge is -2.03. The van der Waals surface area contributed by atoms with Gasteiger partial charge in [-0.15, -0.1) is 11.3 Å². The maximum atomic E-state index is 4.37. The molecule has 0 aliphatic carbocycles. The van der Waals surface area contributed by atoms with Crippen LogP contribution in [-0.2, 0) is 0 Å². The van der Waals surface area contributed by atoms with E-state index in [2.05, 4.69) is 53.0 Å². The fraction of sp³-hybridized carbons (Fsp3) is 0.182. The normalized spacial score (nSPS) is 10.6. The average Bonchev–Trinajstić information content (AvgIpc) is 2.56. The van der Waals surface area contributed by atoms with Crippen LogP contribution in [0, 0.1) is 13.8 Å². The second-order valence-electron chi connectivity index (χ2n) is 3.31. The summed E-state index contributed by atoms with van der Waals surface area (Å²) in [6.07, 6.45) is 0. The molecule has 0 radical (unpaired) electrons. The van der Waals surface area contributed by atoms with E-state index in [-0.39, 0.29) is 0 Å². The van der Waals surface area contributed by atoms with Gasteiger partial charge in [0.2, 0.25) is 0 Å². The van der Waals surface area contributed by atoms with Crippen molar-refractivity contribution < 1.29 is 0 Å². The van der Waals surface area contributed by atoms with Gasteiger partial charge in [0.15, 0.2) is 4.34 Å². The van der Waals surface area contributed by atoms with Gasteiger partial charge < -0.3 is 0 Å². The molecule has 0 saturated carbocycles. The zero-order valence-electron chi connectivity index (χ0n) is 8.45. The fourth-order valence-electron chi connectivity index (χ4n) is 1.29. The van der Waals surface area contributed by atoms with Crippen molar-refractivity contribution in [1.82, 2.24) is 4.98 Å². The van der Waals surface area contributed by atoms with E-state index in [1.807, 2.05) is 5.38 Å². The Morgan fingerprint density at radius 1 is 1.33 bits per heavy atom. The second kappa shape index (κ2) is 4.68. The van der Waals surface area contributed by atoms with E-state index < -0.39 is 0 Å². The highest BCUT2D eigenvalue weighted by molar-refractivity contribution is 9.10. The number of rotatable bonds is 2. The Morgan fingerprint density at radius 3 is 2.73 bits per heavy atom. The molecule has 78 valence electrons. The van der Waals surface area contributed by atoms with Gasteiger partial charge in [-0.05, 0) is 41.4 Å². The molecule has 0 amide bonds. The summed E-state index contributed by atoms with van der Waals surface area (Å²) in [5.41, 5.74) is 2.61. The van der Waals surface area contributed by atoms with Gasteiger partial charge in [-0.2, -0.15) is 0 Å². The Hall–Kier alpha value is -0.320. The first-order valence-electron chi connectivity index (χ1n) is 4.51. The molecule has 1 nitrogen and oxygen atoms in total. The minimum absolute atomic E-state index is 0.916. The van der Waals surface area contributed by atoms with E-state index in [4.69, 9.17) is 0 Å². The van der Waals surface area contributed by atoms with E-state index in [0.717, 1.165) is 8.94 Å². The fourth-order valence-corrected chi connectivity index (χ4v) is 3.68. The van der Waals surface area contributed by atoms with E-state index in [1.165, 1.54) is 16.0 Å². The number of benzene rings is 1. The van der Waals surface area contributed by atoms with Crippen LogP contribution in [0.3, 0.4) is 0 Å². The lowest BCUT2D eigenvalue weighted by molar-refractivity contribution is 1.20. The summed E-state index contributed by atoms with van der Waals surface area (Å²) >= 11 is 6.75. The van der Waals surface area contributed by atoms with E-state index in [0.29, 0.717) is 0 Å². The summed E-state index contributed by atoms with van der Waals surface area (Å²) in [5, 5.41) is 2.01. The van der Waals surface area contributed by atoms with Crippen molar-refractivity contribution in [3.05, 3.63) is 39.3 Å². The van der Waals surface area contributed by atoms with Crippen LogP contribution in [0.5, 0.6) is 0 Å². The van der Waals surface area contributed by atoms with Gasteiger partial charge in [0.1, 0.15) is 4.60 Å². The van der Waals surface area contributed by atoms with Crippen LogP contribution in [0.2, 0.25) is 0 Å². The number of hydrogen-bond donors (Lipinski definition) is 0. The molecule has 1 heterocycles. The number of thiazole rings is 1. The molecule has 2 aromatic rings. The summed E-state index contributed by atoms with van der Waals surface area (Å²) in [7, 11) is 0. The largest absolute Gasteiger partial charge is 0.222 e. The van der Waals surface area contributed by atoms with Crippen molar-refractivity contribution in [3.8, 4) is 0 Å². The van der Waals surface area contributed by atoms with Crippen LogP contribution < -0.4 is 0 Å². The predicted octanol–water partition coefficient (Wildman–Crippen LogP) is 4.67. The summed E-state index contributed by atoms with van der Waals surface area (Å²) < 4.78 is 1.99. The second-order valence-corrected chi connectivity index (χ2v) is 6.27. The Kier molecular flexibility index (Phi) is 3.49. The van der Waals surface area contributed by atoms with Crippen molar-refractivity contribution in [2.75, 3.05) is 0 Å². The van der Waals surface area contributed by atoms with Gasteiger partial charge in [-0.3, -0.25) is 0 Å². The molecule has 0 saturated heterocycles. The Labute approximate surface area is 106 Å². The van der Waals surface area contributed by atoms with Gasteiger partial charge >= 0.3 is 0 Å². The van der Waals surface area contributed by atoms with Crippen molar-refractivity contribution in [1.29, 1.82) is 0 Å². The molecule has 0 N–H and O–H groups in total. The summed E-state index contributed by atoms with van der Waals surface area (Å²) in [4.78, 5) is 5.65. The minimum Gasteiger partial charge on any atom is -0.222 e. The molecule has 15 heavy (non-hydrogen) atoms. The highest BCUT2D eigenvalue weighted by Gasteiger charge is 2.04. The smallest absolute Gasteiger partial charge is 0.155 e. The average molecular weight is 300 g/mol. The van der Waals surface area contributed by atoms with Crippen molar-refractivity contribution in [2.45, 2.75) is 23.1 Å². The first kappa shape index (κ1) is 11.2. The van der Waals surface area contributed by atoms with E-state index in [1.54, 1.807) is 23.1 Å². The topological polar surface area (TPSA) is 12.9 Å². The van der Waals surface area contributed by atoms with Crippen LogP contribution in [0.4, 0.5) is 0 Å². The number of aryl methyl sites for hydroxylation is 2. The van der Waals surface area contributed by atoms with Gasteiger partial charge in [-0.1, -0.05) is 29.5 Å². The van der Waals surface area contributed by atoms with Crippen molar-refractivity contribution in [2.24, 2.45) is 0 Å². The number of aromatic nitrogens is 1. The maximum absolute atomic E-state index is 4.37. The number of nitrogens with zero attached hydrogens (tertiary/aromatic N) is 1. The maximum Gasteiger partial charge on any atom is 0.155 e. The van der Waals surface area contributed by atoms with Crippen LogP contribution in [0.15, 0.2) is 37.4 Å². The molecule has 0 bridgehead atoms. The highest BCUT2D eigenvalue weighted by atomic mass is 79.9. The molecule has 0 unspecified atom stereocenters. The Morgan fingerprint density at radius 2 is 2.13 bits per heavy atom. The monoisotopic (exact) mass is 299 g/mol. The number of hydrogen-bond acceptors (Lipinski definition) is 3. The Bertz CT molecular complexity index is 479. The SMILES string of the molecule is Cc1ccc(Sc2nc(Br)cs2)c(C)c1. The van der Waals surface area contributed by atoms with E-state index >= 15 is 0 Å². The summed E-state index contributed by atoms with van der Waals surface area (Å²) in [6, 6.07) is 6.49. The van der Waals surface area contributed by atoms with Gasteiger partial charge in [0, 0.05) is 10.3 Å². The third kappa shape index (κ3) is 2.83. The first-order chi connectivity index (χ1) is 7.15. The zero-order chi connectivity index (χ0) is 10.8. The molecular formula is C11H10BrNS2. The molecular weight excluding hydrogens is 290 g/mol. The highest BCUT2D eigenvalue weighted by Crippen LogP contribution is 2.33. The minimum atomic E-state index is 0.916. The molecule has 2 rings (SSSR count). The molecule has 0 fully saturated rings. The summed E-state index contributed by atoms with van der Waals surface area (Å²) in [6.45, 7) is 4.25. The van der Waals surface area contributed by atoms with Gasteiger partial charge in [-0.25, -0.2) is 4.98 Å². The molecule has 0 aliphatic heterocycles. The quantitative estimate of drug-likeness (QED) is 0.799. The molecule has 4 heteroatoms. The molecule has 1 aromatic carbocycles.